The van der Waals surface area contributed by atoms with E-state index >= 15 is 0 Å². The summed E-state index contributed by atoms with van der Waals surface area (Å²) in [6, 6.07) is 0. The Labute approximate surface area is 59.4 Å². The Balaban J connectivity index is 2.39. The van der Waals surface area contributed by atoms with Gasteiger partial charge in [0.15, 0.2) is 0 Å². The average Bonchev–Trinajstić information content (AvgIpc) is 2.14. The predicted molar refractivity (Wildman–Crippen MR) is 36.2 cm³/mol. The molecule has 0 heterocycles. The highest BCUT2D eigenvalue weighted by atomic mass is 35.5. The Kier molecular flexibility index (Phi) is 1.96. The largest absolute Gasteiger partial charge is 0.369 e. The summed E-state index contributed by atoms with van der Waals surface area (Å²) in [6.07, 6.45) is 2.59. The molecular formula is C6H10ClNO. The number of halogens is 1. The smallest absolute Gasteiger partial charge is 0.220 e. The monoisotopic (exact) mass is 147 g/mol. The molecule has 1 aliphatic carbocycles. The van der Waals surface area contributed by atoms with E-state index < -0.39 is 0 Å². The van der Waals surface area contributed by atoms with Crippen molar-refractivity contribution in [3.8, 4) is 0 Å². The molecule has 1 rings (SSSR count). The van der Waals surface area contributed by atoms with E-state index in [1.54, 1.807) is 0 Å². The zero-order valence-electron chi connectivity index (χ0n) is 5.14. The van der Waals surface area contributed by atoms with Crippen LogP contribution in [0.25, 0.3) is 0 Å². The van der Waals surface area contributed by atoms with Crippen LogP contribution in [-0.2, 0) is 4.79 Å². The van der Waals surface area contributed by atoms with E-state index in [0.717, 1.165) is 19.3 Å². The third-order valence-corrected chi connectivity index (χ3v) is 2.17. The first kappa shape index (κ1) is 6.87. The minimum atomic E-state index is -0.196. The lowest BCUT2D eigenvalue weighted by Crippen LogP contribution is -2.20. The van der Waals surface area contributed by atoms with Crippen LogP contribution in [0.4, 0.5) is 0 Å². The van der Waals surface area contributed by atoms with Crippen LogP contribution in [0.1, 0.15) is 19.3 Å². The van der Waals surface area contributed by atoms with Crippen LogP contribution in [0.5, 0.6) is 0 Å². The number of rotatable bonds is 1. The van der Waals surface area contributed by atoms with Crippen molar-refractivity contribution in [2.75, 3.05) is 0 Å². The molecule has 2 nitrogen and oxygen atoms in total. The summed E-state index contributed by atoms with van der Waals surface area (Å²) in [5.74, 6) is -0.148. The van der Waals surface area contributed by atoms with Gasteiger partial charge in [-0.05, 0) is 19.3 Å². The van der Waals surface area contributed by atoms with Gasteiger partial charge in [-0.3, -0.25) is 4.79 Å². The van der Waals surface area contributed by atoms with Gasteiger partial charge in [-0.1, -0.05) is 0 Å². The van der Waals surface area contributed by atoms with Gasteiger partial charge in [0.1, 0.15) is 0 Å². The van der Waals surface area contributed by atoms with Gasteiger partial charge < -0.3 is 5.73 Å². The predicted octanol–water partition coefficient (Wildman–Crippen LogP) is 0.879. The minimum Gasteiger partial charge on any atom is -0.369 e. The van der Waals surface area contributed by atoms with E-state index in [0.29, 0.717) is 0 Å². The van der Waals surface area contributed by atoms with Gasteiger partial charge in [0.2, 0.25) is 5.91 Å². The van der Waals surface area contributed by atoms with Crippen molar-refractivity contribution in [1.29, 1.82) is 0 Å². The van der Waals surface area contributed by atoms with Crippen molar-refractivity contribution in [3.05, 3.63) is 0 Å². The van der Waals surface area contributed by atoms with Gasteiger partial charge >= 0.3 is 0 Å². The standard InChI is InChI=1S/C6H10ClNO/c7-5-2-1-4(3-5)6(8)9/h4-5H,1-3H2,(H2,8,9). The van der Waals surface area contributed by atoms with E-state index in [-0.39, 0.29) is 17.2 Å². The summed E-state index contributed by atoms with van der Waals surface area (Å²) in [4.78, 5) is 10.5. The summed E-state index contributed by atoms with van der Waals surface area (Å²) in [6.45, 7) is 0. The van der Waals surface area contributed by atoms with Gasteiger partial charge in [-0.15, -0.1) is 11.6 Å². The Morgan fingerprint density at radius 3 is 2.44 bits per heavy atom. The van der Waals surface area contributed by atoms with Crippen molar-refractivity contribution in [2.24, 2.45) is 11.7 Å². The van der Waals surface area contributed by atoms with Crippen molar-refractivity contribution >= 4 is 17.5 Å². The molecule has 9 heavy (non-hydrogen) atoms. The second-order valence-corrected chi connectivity index (χ2v) is 3.13. The van der Waals surface area contributed by atoms with Crippen LogP contribution >= 0.6 is 11.6 Å². The fourth-order valence-corrected chi connectivity index (χ4v) is 1.53. The van der Waals surface area contributed by atoms with Gasteiger partial charge in [0.05, 0.1) is 0 Å². The number of primary amides is 1. The maximum atomic E-state index is 10.5. The molecule has 1 fully saturated rings. The topological polar surface area (TPSA) is 43.1 Å². The lowest BCUT2D eigenvalue weighted by Gasteiger charge is -2.00. The van der Waals surface area contributed by atoms with Crippen LogP contribution < -0.4 is 5.73 Å². The van der Waals surface area contributed by atoms with E-state index in [4.69, 9.17) is 17.3 Å². The Hall–Kier alpha value is -0.240. The van der Waals surface area contributed by atoms with E-state index in [1.165, 1.54) is 0 Å². The Bertz CT molecular complexity index is 126. The fourth-order valence-electron chi connectivity index (χ4n) is 1.18. The average molecular weight is 148 g/mol. The molecule has 2 N–H and O–H groups in total. The van der Waals surface area contributed by atoms with Crippen LogP contribution in [0.3, 0.4) is 0 Å². The summed E-state index contributed by atoms with van der Waals surface area (Å²) in [7, 11) is 0. The van der Waals surface area contributed by atoms with E-state index in [2.05, 4.69) is 0 Å². The number of nitrogens with two attached hydrogens (primary N) is 1. The number of hydrogen-bond donors (Lipinski definition) is 1. The molecule has 2 unspecified atom stereocenters. The zero-order valence-corrected chi connectivity index (χ0v) is 5.90. The Morgan fingerprint density at radius 2 is 2.22 bits per heavy atom. The SMILES string of the molecule is NC(=O)C1CCC(Cl)C1. The number of carbonyl (C=O) groups is 1. The minimum absolute atomic E-state index is 0.0486. The second kappa shape index (κ2) is 2.56. The van der Waals surface area contributed by atoms with E-state index in [9.17, 15) is 4.79 Å². The first-order chi connectivity index (χ1) is 4.20. The normalized spacial score (nSPS) is 34.8. The molecule has 0 aliphatic heterocycles. The number of amides is 1. The van der Waals surface area contributed by atoms with Crippen LogP contribution in [0.2, 0.25) is 0 Å². The zero-order chi connectivity index (χ0) is 6.85. The fraction of sp³-hybridized carbons (Fsp3) is 0.833. The molecule has 2 atom stereocenters. The Morgan fingerprint density at radius 1 is 1.56 bits per heavy atom. The molecule has 0 radical (unpaired) electrons. The summed E-state index contributed by atoms with van der Waals surface area (Å²) >= 11 is 5.74. The molecule has 0 aromatic carbocycles. The molecule has 1 amide bonds. The maximum Gasteiger partial charge on any atom is 0.220 e. The van der Waals surface area contributed by atoms with Crippen LogP contribution in [0.15, 0.2) is 0 Å². The van der Waals surface area contributed by atoms with Crippen molar-refractivity contribution in [3.63, 3.8) is 0 Å². The molecular weight excluding hydrogens is 138 g/mol. The third-order valence-electron chi connectivity index (χ3n) is 1.77. The number of hydrogen-bond acceptors (Lipinski definition) is 1. The summed E-state index contributed by atoms with van der Waals surface area (Å²) in [5.41, 5.74) is 5.06. The molecule has 0 aromatic rings. The quantitative estimate of drug-likeness (QED) is 0.550. The highest BCUT2D eigenvalue weighted by molar-refractivity contribution is 6.20. The maximum absolute atomic E-state index is 10.5. The third kappa shape index (κ3) is 1.58. The van der Waals surface area contributed by atoms with E-state index in [1.807, 2.05) is 0 Å². The van der Waals surface area contributed by atoms with Gasteiger partial charge in [-0.2, -0.15) is 0 Å². The summed E-state index contributed by atoms with van der Waals surface area (Å²) < 4.78 is 0. The van der Waals surface area contributed by atoms with Crippen molar-refractivity contribution in [2.45, 2.75) is 24.6 Å². The lowest BCUT2D eigenvalue weighted by atomic mass is 10.1. The molecule has 0 spiro atoms. The van der Waals surface area contributed by atoms with Crippen LogP contribution in [-0.4, -0.2) is 11.3 Å². The molecule has 1 aliphatic rings. The second-order valence-electron chi connectivity index (χ2n) is 2.51. The highest BCUT2D eigenvalue weighted by Gasteiger charge is 2.26. The molecule has 3 heteroatoms. The summed E-state index contributed by atoms with van der Waals surface area (Å²) in [5, 5.41) is 0.183. The van der Waals surface area contributed by atoms with Gasteiger partial charge in [0, 0.05) is 11.3 Å². The molecule has 52 valence electrons. The van der Waals surface area contributed by atoms with Crippen LogP contribution in [0, 0.1) is 5.92 Å². The first-order valence-corrected chi connectivity index (χ1v) is 3.57. The number of carbonyl (C=O) groups excluding carboxylic acids is 1. The highest BCUT2D eigenvalue weighted by Crippen LogP contribution is 2.28. The first-order valence-electron chi connectivity index (χ1n) is 3.13. The van der Waals surface area contributed by atoms with Gasteiger partial charge in [0.25, 0.3) is 0 Å². The van der Waals surface area contributed by atoms with Crippen molar-refractivity contribution < 1.29 is 4.79 Å². The van der Waals surface area contributed by atoms with Gasteiger partial charge in [-0.25, -0.2) is 0 Å². The molecule has 0 saturated heterocycles. The molecule has 0 aromatic heterocycles. The van der Waals surface area contributed by atoms with Crippen molar-refractivity contribution in [1.82, 2.24) is 0 Å². The lowest BCUT2D eigenvalue weighted by molar-refractivity contribution is -0.121. The number of alkyl halides is 1. The molecule has 1 saturated carbocycles. The molecule has 0 bridgehead atoms.